The van der Waals surface area contributed by atoms with Gasteiger partial charge in [0.15, 0.2) is 5.13 Å². The smallest absolute Gasteiger partial charge is 0.272 e. The molecular formula is C39H32N4O4S3. The van der Waals surface area contributed by atoms with Crippen LogP contribution in [0.2, 0.25) is 0 Å². The van der Waals surface area contributed by atoms with Crippen LogP contribution in [0.15, 0.2) is 143 Å². The lowest BCUT2D eigenvalue weighted by molar-refractivity contribution is -0.116. The number of anilines is 2. The number of carbonyl (C=O) groups is 3. The number of thiazole rings is 1. The van der Waals surface area contributed by atoms with E-state index in [1.807, 2.05) is 96.5 Å². The molecule has 0 saturated carbocycles. The van der Waals surface area contributed by atoms with E-state index in [0.717, 1.165) is 21.0 Å². The fourth-order valence-electron chi connectivity index (χ4n) is 4.91. The summed E-state index contributed by atoms with van der Waals surface area (Å²) in [6.07, 6.45) is 1.60. The number of rotatable bonds is 13. The SMILES string of the molecule is CCOc1ccccc1/C=C(/NC(=O)c1ccccc1)C(=O)Nc1cccc(SC(C(=O)Nc2nc(-c3cccs3)cs2)c2ccccc2)c1. The van der Waals surface area contributed by atoms with Crippen molar-refractivity contribution < 1.29 is 19.1 Å². The number of carbonyl (C=O) groups excluding carboxylic acids is 3. The van der Waals surface area contributed by atoms with E-state index in [2.05, 4.69) is 20.9 Å². The highest BCUT2D eigenvalue weighted by molar-refractivity contribution is 8.00. The van der Waals surface area contributed by atoms with Crippen molar-refractivity contribution in [1.82, 2.24) is 10.3 Å². The van der Waals surface area contributed by atoms with Crippen LogP contribution in [0, 0.1) is 0 Å². The van der Waals surface area contributed by atoms with Crippen molar-refractivity contribution >= 4 is 69.1 Å². The molecule has 11 heteroatoms. The van der Waals surface area contributed by atoms with Gasteiger partial charge in [0.05, 0.1) is 17.2 Å². The number of ether oxygens (including phenoxy) is 1. The monoisotopic (exact) mass is 716 g/mol. The first-order valence-corrected chi connectivity index (χ1v) is 18.3. The third-order valence-electron chi connectivity index (χ3n) is 7.24. The van der Waals surface area contributed by atoms with Crippen LogP contribution in [-0.4, -0.2) is 29.3 Å². The molecule has 6 aromatic rings. The third kappa shape index (κ3) is 8.94. The summed E-state index contributed by atoms with van der Waals surface area (Å²) >= 11 is 4.33. The van der Waals surface area contributed by atoms with E-state index >= 15 is 0 Å². The summed E-state index contributed by atoms with van der Waals surface area (Å²) in [6.45, 7) is 2.32. The van der Waals surface area contributed by atoms with Crippen molar-refractivity contribution in [3.63, 3.8) is 0 Å². The molecule has 0 aliphatic rings. The second-order valence-corrected chi connectivity index (χ2v) is 13.7. The van der Waals surface area contributed by atoms with Gasteiger partial charge >= 0.3 is 0 Å². The third-order valence-corrected chi connectivity index (χ3v) is 10.1. The molecule has 1 unspecified atom stereocenters. The summed E-state index contributed by atoms with van der Waals surface area (Å²) in [5, 5.41) is 12.5. The molecule has 0 aliphatic carbocycles. The largest absolute Gasteiger partial charge is 0.493 e. The molecule has 1 atom stereocenters. The number of nitrogens with one attached hydrogen (secondary N) is 3. The fraction of sp³-hybridized carbons (Fsp3) is 0.0769. The Hall–Kier alpha value is -5.49. The lowest BCUT2D eigenvalue weighted by Gasteiger charge is -2.17. The van der Waals surface area contributed by atoms with Crippen molar-refractivity contribution in [3.8, 4) is 16.3 Å². The average molecular weight is 717 g/mol. The number of nitrogens with zero attached hydrogens (tertiary/aromatic N) is 1. The van der Waals surface area contributed by atoms with Gasteiger partial charge in [0.1, 0.15) is 16.7 Å². The molecule has 0 fully saturated rings. The Morgan fingerprint density at radius 1 is 0.840 bits per heavy atom. The van der Waals surface area contributed by atoms with Gasteiger partial charge in [-0.3, -0.25) is 14.4 Å². The minimum Gasteiger partial charge on any atom is -0.493 e. The molecule has 2 aromatic heterocycles. The maximum absolute atomic E-state index is 13.8. The molecule has 0 saturated heterocycles. The zero-order valence-electron chi connectivity index (χ0n) is 26.9. The maximum atomic E-state index is 13.8. The highest BCUT2D eigenvalue weighted by Gasteiger charge is 2.24. The zero-order valence-corrected chi connectivity index (χ0v) is 29.3. The summed E-state index contributed by atoms with van der Waals surface area (Å²) in [6, 6.07) is 36.7. The van der Waals surface area contributed by atoms with E-state index in [1.165, 1.54) is 23.1 Å². The Balaban J connectivity index is 1.23. The summed E-state index contributed by atoms with van der Waals surface area (Å²) < 4.78 is 5.76. The van der Waals surface area contributed by atoms with Crippen LogP contribution >= 0.6 is 34.4 Å². The molecule has 4 aromatic carbocycles. The summed E-state index contributed by atoms with van der Waals surface area (Å²) in [7, 11) is 0. The first kappa shape index (κ1) is 34.4. The van der Waals surface area contributed by atoms with E-state index in [-0.39, 0.29) is 11.6 Å². The summed E-state index contributed by atoms with van der Waals surface area (Å²) in [4.78, 5) is 47.1. The topological polar surface area (TPSA) is 109 Å². The molecule has 6 rings (SSSR count). The first-order chi connectivity index (χ1) is 24.5. The van der Waals surface area contributed by atoms with Gasteiger partial charge in [0.2, 0.25) is 5.91 Å². The van der Waals surface area contributed by atoms with E-state index in [9.17, 15) is 14.4 Å². The van der Waals surface area contributed by atoms with Crippen LogP contribution in [0.3, 0.4) is 0 Å². The van der Waals surface area contributed by atoms with Crippen molar-refractivity contribution in [2.24, 2.45) is 0 Å². The van der Waals surface area contributed by atoms with E-state index < -0.39 is 17.1 Å². The van der Waals surface area contributed by atoms with Crippen molar-refractivity contribution in [2.45, 2.75) is 17.1 Å². The van der Waals surface area contributed by atoms with Crippen molar-refractivity contribution in [1.29, 1.82) is 0 Å². The summed E-state index contributed by atoms with van der Waals surface area (Å²) in [5.41, 5.74) is 3.22. The van der Waals surface area contributed by atoms with Gasteiger partial charge in [-0.2, -0.15) is 0 Å². The molecule has 0 spiro atoms. The average Bonchev–Trinajstić information content (AvgIpc) is 3.85. The maximum Gasteiger partial charge on any atom is 0.272 e. The van der Waals surface area contributed by atoms with Crippen LogP contribution in [-0.2, 0) is 9.59 Å². The standard InChI is InChI=1S/C39H32N4O4S3/c1-2-47-33-20-10-9-17-28(33)23-31(41-36(44)27-15-7-4-8-16-27)37(45)40-29-18-11-19-30(24-29)50-35(26-13-5-3-6-14-26)38(46)43-39-42-32(25-49-39)34-21-12-22-48-34/h3-25,35H,2H2,1H3,(H,40,45)(H,41,44)(H,42,43,46)/b31-23+. The Morgan fingerprint density at radius 2 is 1.60 bits per heavy atom. The summed E-state index contributed by atoms with van der Waals surface area (Å²) in [5.74, 6) is -0.585. The van der Waals surface area contributed by atoms with E-state index in [0.29, 0.717) is 34.3 Å². The second-order valence-electron chi connectivity index (χ2n) is 10.7. The number of hydrogen-bond donors (Lipinski definition) is 3. The molecular weight excluding hydrogens is 685 g/mol. The molecule has 50 heavy (non-hydrogen) atoms. The van der Waals surface area contributed by atoms with Gasteiger partial charge in [-0.05, 0) is 66.4 Å². The fourth-order valence-corrected chi connectivity index (χ4v) is 7.46. The number of thiophene rings is 1. The van der Waals surface area contributed by atoms with Crippen LogP contribution in [0.1, 0.15) is 33.7 Å². The van der Waals surface area contributed by atoms with Crippen molar-refractivity contribution in [2.75, 3.05) is 17.2 Å². The number of hydrogen-bond acceptors (Lipinski definition) is 8. The Bertz CT molecular complexity index is 2100. The van der Waals surface area contributed by atoms with Gasteiger partial charge in [0, 0.05) is 27.1 Å². The first-order valence-electron chi connectivity index (χ1n) is 15.7. The molecule has 0 bridgehead atoms. The normalized spacial score (nSPS) is 11.7. The number of thioether (sulfide) groups is 1. The van der Waals surface area contributed by atoms with Crippen molar-refractivity contribution in [3.05, 3.63) is 154 Å². The highest BCUT2D eigenvalue weighted by Crippen LogP contribution is 2.38. The molecule has 3 amide bonds. The molecule has 8 nitrogen and oxygen atoms in total. The van der Waals surface area contributed by atoms with Crippen LogP contribution < -0.4 is 20.7 Å². The molecule has 0 aliphatic heterocycles. The van der Waals surface area contributed by atoms with Crippen LogP contribution in [0.25, 0.3) is 16.6 Å². The molecule has 2 heterocycles. The zero-order chi connectivity index (χ0) is 34.7. The van der Waals surface area contributed by atoms with E-state index in [1.54, 1.807) is 59.9 Å². The predicted octanol–water partition coefficient (Wildman–Crippen LogP) is 9.15. The number of para-hydroxylation sites is 1. The molecule has 3 N–H and O–H groups in total. The Labute approximate surface area is 302 Å². The second kappa shape index (κ2) is 16.8. The minimum absolute atomic E-state index is 0.0379. The number of aromatic nitrogens is 1. The molecule has 250 valence electrons. The Kier molecular flexibility index (Phi) is 11.5. The highest BCUT2D eigenvalue weighted by atomic mass is 32.2. The number of amides is 3. The lowest BCUT2D eigenvalue weighted by Crippen LogP contribution is -2.30. The Morgan fingerprint density at radius 3 is 2.36 bits per heavy atom. The molecule has 0 radical (unpaired) electrons. The number of benzene rings is 4. The minimum atomic E-state index is -0.605. The van der Waals surface area contributed by atoms with E-state index in [4.69, 9.17) is 4.74 Å². The quantitative estimate of drug-likeness (QED) is 0.0813. The van der Waals surface area contributed by atoms with Gasteiger partial charge in [-0.1, -0.05) is 78.9 Å². The van der Waals surface area contributed by atoms with Gasteiger partial charge in [0.25, 0.3) is 11.8 Å². The van der Waals surface area contributed by atoms with Gasteiger partial charge in [-0.15, -0.1) is 34.4 Å². The van der Waals surface area contributed by atoms with Gasteiger partial charge < -0.3 is 20.7 Å². The van der Waals surface area contributed by atoms with Crippen LogP contribution in [0.5, 0.6) is 5.75 Å². The van der Waals surface area contributed by atoms with Gasteiger partial charge in [-0.25, -0.2) is 4.98 Å². The van der Waals surface area contributed by atoms with Crippen LogP contribution in [0.4, 0.5) is 10.8 Å². The lowest BCUT2D eigenvalue weighted by atomic mass is 10.1. The predicted molar refractivity (Wildman–Crippen MR) is 204 cm³/mol.